The molecule has 176 valence electrons. The van der Waals surface area contributed by atoms with Gasteiger partial charge >= 0.3 is 12.1 Å². The molecule has 1 aliphatic heterocycles. The van der Waals surface area contributed by atoms with Crippen LogP contribution >= 0.6 is 11.3 Å². The van der Waals surface area contributed by atoms with Gasteiger partial charge in [-0.05, 0) is 50.1 Å². The Labute approximate surface area is 194 Å². The lowest BCUT2D eigenvalue weighted by molar-refractivity contribution is -0.138. The first-order valence-electron chi connectivity index (χ1n) is 10.8. The zero-order valence-electron chi connectivity index (χ0n) is 18.7. The molecule has 1 aliphatic rings. The minimum absolute atomic E-state index is 0.00290. The number of hydrogen-bond acceptors (Lipinski definition) is 5. The molecule has 0 bridgehead atoms. The monoisotopic (exact) mass is 477 g/mol. The molecule has 0 spiro atoms. The van der Waals surface area contributed by atoms with Crippen LogP contribution in [0, 0.1) is 6.92 Å². The van der Waals surface area contributed by atoms with Gasteiger partial charge in [0.25, 0.3) is 0 Å². The van der Waals surface area contributed by atoms with Crippen molar-refractivity contribution in [3.8, 4) is 0 Å². The highest BCUT2D eigenvalue weighted by Gasteiger charge is 2.33. The van der Waals surface area contributed by atoms with Crippen LogP contribution < -0.4 is 4.90 Å². The minimum atomic E-state index is -4.37. The van der Waals surface area contributed by atoms with Gasteiger partial charge in [0.1, 0.15) is 0 Å². The molecule has 9 heteroatoms. The lowest BCUT2D eigenvalue weighted by atomic mass is 10.0. The maximum atomic E-state index is 13.1. The Morgan fingerprint density at radius 3 is 2.42 bits per heavy atom. The van der Waals surface area contributed by atoms with Crippen LogP contribution in [0.2, 0.25) is 0 Å². The van der Waals surface area contributed by atoms with Crippen LogP contribution in [0.1, 0.15) is 36.1 Å². The molecule has 1 N–H and O–H groups in total. The molecular formula is C24H26F3N3O2S. The largest absolute Gasteiger partial charge is 0.481 e. The van der Waals surface area contributed by atoms with Gasteiger partial charge in [0.2, 0.25) is 0 Å². The number of carbonyl (C=O) groups is 1. The van der Waals surface area contributed by atoms with Gasteiger partial charge in [-0.3, -0.25) is 9.69 Å². The van der Waals surface area contributed by atoms with Gasteiger partial charge in [-0.25, -0.2) is 4.98 Å². The molecule has 33 heavy (non-hydrogen) atoms. The zero-order chi connectivity index (χ0) is 23.9. The highest BCUT2D eigenvalue weighted by Crippen LogP contribution is 2.37. The third-order valence-electron chi connectivity index (χ3n) is 5.88. The van der Waals surface area contributed by atoms with Crippen molar-refractivity contribution in [2.24, 2.45) is 0 Å². The summed E-state index contributed by atoms with van der Waals surface area (Å²) < 4.78 is 39.8. The normalized spacial score (nSPS) is 19.9. The van der Waals surface area contributed by atoms with Crippen molar-refractivity contribution in [2.75, 3.05) is 18.0 Å². The molecule has 1 fully saturated rings. The summed E-state index contributed by atoms with van der Waals surface area (Å²) in [4.78, 5) is 20.2. The molecule has 4 rings (SSSR count). The van der Waals surface area contributed by atoms with E-state index in [0.29, 0.717) is 16.8 Å². The van der Waals surface area contributed by atoms with Gasteiger partial charge in [0, 0.05) is 31.7 Å². The molecule has 2 heterocycles. The molecule has 2 atom stereocenters. The van der Waals surface area contributed by atoms with Crippen LogP contribution in [0.5, 0.6) is 0 Å². The Balaban J connectivity index is 1.51. The topological polar surface area (TPSA) is 56.7 Å². The molecule has 0 unspecified atom stereocenters. The van der Waals surface area contributed by atoms with Gasteiger partial charge < -0.3 is 10.0 Å². The number of alkyl halides is 3. The van der Waals surface area contributed by atoms with Crippen molar-refractivity contribution in [3.63, 3.8) is 0 Å². The molecule has 0 amide bonds. The maximum Gasteiger partial charge on any atom is 0.416 e. The van der Waals surface area contributed by atoms with E-state index >= 15 is 0 Å². The Kier molecular flexibility index (Phi) is 6.37. The summed E-state index contributed by atoms with van der Waals surface area (Å²) in [5.41, 5.74) is 2.84. The van der Waals surface area contributed by atoms with Crippen molar-refractivity contribution in [1.29, 1.82) is 0 Å². The Hall–Kier alpha value is -2.65. The predicted molar refractivity (Wildman–Crippen MR) is 124 cm³/mol. The number of benzene rings is 2. The van der Waals surface area contributed by atoms with Crippen LogP contribution in [0.25, 0.3) is 10.2 Å². The Bertz CT molecular complexity index is 1170. The van der Waals surface area contributed by atoms with E-state index in [1.807, 2.05) is 19.1 Å². The standard InChI is InChI=1S/C24H26F3N3O2S/c1-14-6-17(9-22(31)32)8-18(7-14)13-29-11-15(2)30(16(3)12-29)23-28-20-5-4-19(24(25,26)27)10-21(20)33-23/h4-8,10,15-16H,9,11-13H2,1-3H3,(H,31,32)/t15-,16+. The van der Waals surface area contributed by atoms with E-state index in [4.69, 9.17) is 5.11 Å². The fraction of sp³-hybridized carbons (Fsp3) is 0.417. The third kappa shape index (κ3) is 5.30. The van der Waals surface area contributed by atoms with E-state index in [2.05, 4.69) is 34.7 Å². The average Bonchev–Trinajstić information content (AvgIpc) is 3.08. The molecule has 1 saturated heterocycles. The number of rotatable bonds is 5. The lowest BCUT2D eigenvalue weighted by Gasteiger charge is -2.44. The second-order valence-corrected chi connectivity index (χ2v) is 9.88. The summed E-state index contributed by atoms with van der Waals surface area (Å²) in [7, 11) is 0. The summed E-state index contributed by atoms with van der Waals surface area (Å²) in [6.45, 7) is 8.43. The van der Waals surface area contributed by atoms with E-state index in [1.165, 1.54) is 23.5 Å². The van der Waals surface area contributed by atoms with E-state index in [0.717, 1.165) is 41.0 Å². The highest BCUT2D eigenvalue weighted by atomic mass is 32.1. The van der Waals surface area contributed by atoms with Gasteiger partial charge in [0.05, 0.1) is 22.2 Å². The number of carboxylic acids is 1. The molecule has 0 saturated carbocycles. The van der Waals surface area contributed by atoms with Crippen molar-refractivity contribution >= 4 is 32.7 Å². The number of hydrogen-bond donors (Lipinski definition) is 1. The van der Waals surface area contributed by atoms with E-state index < -0.39 is 17.7 Å². The number of aromatic nitrogens is 1. The average molecular weight is 478 g/mol. The fourth-order valence-electron chi connectivity index (χ4n) is 4.71. The summed E-state index contributed by atoms with van der Waals surface area (Å²) in [6.07, 6.45) is -4.37. The van der Waals surface area contributed by atoms with Crippen molar-refractivity contribution in [2.45, 2.75) is 52.0 Å². The van der Waals surface area contributed by atoms with E-state index in [1.54, 1.807) is 0 Å². The summed E-state index contributed by atoms with van der Waals surface area (Å²) in [5.74, 6) is -0.847. The fourth-order valence-corrected chi connectivity index (χ4v) is 5.92. The van der Waals surface area contributed by atoms with Crippen molar-refractivity contribution in [1.82, 2.24) is 9.88 Å². The number of anilines is 1. The SMILES string of the molecule is Cc1cc(CC(=O)O)cc(CN2C[C@@H](C)N(c3nc4ccc(C(F)(F)F)cc4s3)[C@@H](C)C2)c1. The van der Waals surface area contributed by atoms with Gasteiger partial charge in [-0.15, -0.1) is 0 Å². The lowest BCUT2D eigenvalue weighted by Crippen LogP contribution is -2.56. The van der Waals surface area contributed by atoms with Crippen LogP contribution in [0.4, 0.5) is 18.3 Å². The number of carboxylic acid groups (broad SMARTS) is 1. The first-order chi connectivity index (χ1) is 15.5. The summed E-state index contributed by atoms with van der Waals surface area (Å²) in [5, 5.41) is 9.85. The number of thiazole rings is 1. The molecule has 1 aromatic heterocycles. The Morgan fingerprint density at radius 1 is 1.12 bits per heavy atom. The van der Waals surface area contributed by atoms with Crippen LogP contribution in [-0.2, 0) is 23.9 Å². The Morgan fingerprint density at radius 2 is 1.79 bits per heavy atom. The molecule has 0 radical (unpaired) electrons. The molecule has 2 aromatic carbocycles. The van der Waals surface area contributed by atoms with Crippen molar-refractivity contribution < 1.29 is 23.1 Å². The summed E-state index contributed by atoms with van der Waals surface area (Å²) in [6, 6.07) is 9.88. The summed E-state index contributed by atoms with van der Waals surface area (Å²) >= 11 is 1.30. The molecule has 5 nitrogen and oxygen atoms in total. The number of aliphatic carboxylic acids is 1. The number of aryl methyl sites for hydroxylation is 1. The highest BCUT2D eigenvalue weighted by molar-refractivity contribution is 7.22. The van der Waals surface area contributed by atoms with Gasteiger partial charge in [-0.2, -0.15) is 13.2 Å². The van der Waals surface area contributed by atoms with Crippen LogP contribution in [0.3, 0.4) is 0 Å². The molecule has 0 aliphatic carbocycles. The molecular weight excluding hydrogens is 451 g/mol. The number of piperazine rings is 1. The van der Waals surface area contributed by atoms with Crippen LogP contribution in [0.15, 0.2) is 36.4 Å². The first kappa shape index (κ1) is 23.5. The van der Waals surface area contributed by atoms with Gasteiger partial charge in [-0.1, -0.05) is 35.1 Å². The predicted octanol–water partition coefficient (Wildman–Crippen LogP) is 5.35. The molecule has 3 aromatic rings. The van der Waals surface area contributed by atoms with E-state index in [-0.39, 0.29) is 18.5 Å². The maximum absolute atomic E-state index is 13.1. The quantitative estimate of drug-likeness (QED) is 0.537. The number of halogens is 3. The smallest absolute Gasteiger partial charge is 0.416 e. The third-order valence-corrected chi connectivity index (χ3v) is 6.91. The second-order valence-electron chi connectivity index (χ2n) is 8.87. The van der Waals surface area contributed by atoms with Crippen LogP contribution in [-0.4, -0.2) is 46.1 Å². The number of nitrogens with zero attached hydrogens (tertiary/aromatic N) is 3. The number of fused-ring (bicyclic) bond motifs is 1. The first-order valence-corrected chi connectivity index (χ1v) is 11.6. The second kappa shape index (κ2) is 8.95. The van der Waals surface area contributed by atoms with Gasteiger partial charge in [0.15, 0.2) is 5.13 Å². The zero-order valence-corrected chi connectivity index (χ0v) is 19.5. The van der Waals surface area contributed by atoms with E-state index in [9.17, 15) is 18.0 Å². The minimum Gasteiger partial charge on any atom is -0.481 e. The van der Waals surface area contributed by atoms with Crippen molar-refractivity contribution in [3.05, 3.63) is 58.7 Å².